The van der Waals surface area contributed by atoms with Crippen LogP contribution in [0.1, 0.15) is 12.5 Å². The number of hydrogen-bond acceptors (Lipinski definition) is 6. The maximum absolute atomic E-state index is 13.0. The van der Waals surface area contributed by atoms with Crippen molar-refractivity contribution in [3.63, 3.8) is 0 Å². The van der Waals surface area contributed by atoms with E-state index >= 15 is 0 Å². The lowest BCUT2D eigenvalue weighted by Gasteiger charge is -2.10. The van der Waals surface area contributed by atoms with Crippen LogP contribution in [0.3, 0.4) is 0 Å². The molecule has 0 unspecified atom stereocenters. The summed E-state index contributed by atoms with van der Waals surface area (Å²) in [6, 6.07) is 16.4. The summed E-state index contributed by atoms with van der Waals surface area (Å²) in [6.45, 7) is 1.78. The van der Waals surface area contributed by atoms with Gasteiger partial charge in [-0.2, -0.15) is 0 Å². The Morgan fingerprint density at radius 3 is 2.17 bits per heavy atom. The van der Waals surface area contributed by atoms with Crippen molar-refractivity contribution >= 4 is 46.1 Å². The van der Waals surface area contributed by atoms with Crippen molar-refractivity contribution < 1.29 is 9.59 Å². The number of nitrogens with zero attached hydrogens (tertiary/aromatic N) is 4. The molecule has 0 aliphatic heterocycles. The molecule has 35 heavy (non-hydrogen) atoms. The second kappa shape index (κ2) is 10.0. The summed E-state index contributed by atoms with van der Waals surface area (Å²) in [6.07, 6.45) is 0. The van der Waals surface area contributed by atoms with Gasteiger partial charge in [0.25, 0.3) is 5.56 Å². The number of carbonyl (C=O) groups excluding carboxylic acids is 2. The number of amides is 2. The van der Waals surface area contributed by atoms with Gasteiger partial charge in [0, 0.05) is 32.4 Å². The highest BCUT2D eigenvalue weighted by atomic mass is 32.2. The summed E-state index contributed by atoms with van der Waals surface area (Å²) >= 11 is 1.18. The average molecular weight is 493 g/mol. The number of hydrogen-bond donors (Lipinski definition) is 2. The number of aromatic nitrogens is 4. The first kappa shape index (κ1) is 24.0. The van der Waals surface area contributed by atoms with E-state index in [4.69, 9.17) is 0 Å². The molecule has 0 saturated heterocycles. The van der Waals surface area contributed by atoms with Gasteiger partial charge in [0.15, 0.2) is 16.3 Å². The third kappa shape index (κ3) is 5.19. The largest absolute Gasteiger partial charge is 0.332 e. The molecule has 0 aliphatic carbocycles. The lowest BCUT2D eigenvalue weighted by Crippen LogP contribution is -2.37. The number of nitrogens with one attached hydrogen (secondary N) is 2. The number of rotatable bonds is 7. The third-order valence-electron chi connectivity index (χ3n) is 5.32. The van der Waals surface area contributed by atoms with Crippen LogP contribution >= 0.6 is 11.8 Å². The van der Waals surface area contributed by atoms with Gasteiger partial charge in [-0.3, -0.25) is 23.5 Å². The van der Waals surface area contributed by atoms with Gasteiger partial charge in [-0.1, -0.05) is 42.1 Å². The molecule has 2 N–H and O–H groups in total. The van der Waals surface area contributed by atoms with Crippen LogP contribution in [0.4, 0.5) is 11.4 Å². The van der Waals surface area contributed by atoms with E-state index in [9.17, 15) is 19.2 Å². The van der Waals surface area contributed by atoms with Gasteiger partial charge >= 0.3 is 5.69 Å². The van der Waals surface area contributed by atoms with Crippen LogP contribution in [0.5, 0.6) is 0 Å². The number of benzene rings is 2. The number of thioether (sulfide) groups is 1. The van der Waals surface area contributed by atoms with E-state index in [1.807, 2.05) is 30.3 Å². The highest BCUT2D eigenvalue weighted by Gasteiger charge is 2.20. The van der Waals surface area contributed by atoms with Gasteiger partial charge in [-0.15, -0.1) is 0 Å². The van der Waals surface area contributed by atoms with Crippen molar-refractivity contribution in [1.29, 1.82) is 0 Å². The predicted octanol–water partition coefficient (Wildman–Crippen LogP) is 2.17. The van der Waals surface area contributed by atoms with Gasteiger partial charge < -0.3 is 15.2 Å². The Morgan fingerprint density at radius 1 is 0.914 bits per heavy atom. The minimum atomic E-state index is -0.469. The fourth-order valence-electron chi connectivity index (χ4n) is 3.62. The number of imidazole rings is 1. The molecule has 0 spiro atoms. The van der Waals surface area contributed by atoms with E-state index in [0.29, 0.717) is 28.6 Å². The highest BCUT2D eigenvalue weighted by Crippen LogP contribution is 2.23. The molecule has 0 bridgehead atoms. The van der Waals surface area contributed by atoms with E-state index in [0.717, 1.165) is 10.1 Å². The summed E-state index contributed by atoms with van der Waals surface area (Å²) < 4.78 is 4.13. The minimum Gasteiger partial charge on any atom is -0.326 e. The molecule has 2 aromatic carbocycles. The van der Waals surface area contributed by atoms with Crippen LogP contribution in [0.15, 0.2) is 69.3 Å². The molecular weight excluding hydrogens is 468 g/mol. The summed E-state index contributed by atoms with van der Waals surface area (Å²) in [5, 5.41) is 5.93. The van der Waals surface area contributed by atoms with Gasteiger partial charge in [-0.25, -0.2) is 9.78 Å². The Morgan fingerprint density at radius 2 is 1.54 bits per heavy atom. The summed E-state index contributed by atoms with van der Waals surface area (Å²) in [5.74, 6) is -0.397. The maximum atomic E-state index is 13.0. The Hall–Kier alpha value is -4.12. The molecule has 2 amide bonds. The van der Waals surface area contributed by atoms with Crippen LogP contribution in [-0.4, -0.2) is 36.3 Å². The Balaban J connectivity index is 1.60. The van der Waals surface area contributed by atoms with Crippen LogP contribution < -0.4 is 21.9 Å². The molecule has 2 heterocycles. The lowest BCUT2D eigenvalue weighted by atomic mass is 10.2. The van der Waals surface area contributed by atoms with Gasteiger partial charge in [0.2, 0.25) is 11.8 Å². The molecule has 0 atom stereocenters. The van der Waals surface area contributed by atoms with Crippen LogP contribution in [0.2, 0.25) is 0 Å². The average Bonchev–Trinajstić information content (AvgIpc) is 3.20. The van der Waals surface area contributed by atoms with Crippen molar-refractivity contribution in [3.05, 3.63) is 81.0 Å². The van der Waals surface area contributed by atoms with Crippen molar-refractivity contribution in [1.82, 2.24) is 18.7 Å². The summed E-state index contributed by atoms with van der Waals surface area (Å²) in [7, 11) is 3.00. The minimum absolute atomic E-state index is 0.0415. The number of anilines is 2. The molecule has 180 valence electrons. The number of aryl methyl sites for hydroxylation is 1. The molecule has 11 heteroatoms. The fraction of sp³-hybridized carbons (Fsp3) is 0.208. The SMILES string of the molecule is CC(=O)Nc1ccc(NC(=O)CSc2nc3c(c(=O)n(C)c(=O)n3C)n2Cc2ccccc2)cc1. The van der Waals surface area contributed by atoms with Crippen LogP contribution in [0, 0.1) is 0 Å². The van der Waals surface area contributed by atoms with E-state index in [-0.39, 0.29) is 23.2 Å². The molecule has 0 saturated carbocycles. The molecule has 4 aromatic rings. The zero-order valence-electron chi connectivity index (χ0n) is 19.4. The summed E-state index contributed by atoms with van der Waals surface area (Å²) in [4.78, 5) is 53.7. The van der Waals surface area contributed by atoms with Crippen molar-refractivity contribution in [3.8, 4) is 0 Å². The van der Waals surface area contributed by atoms with Gasteiger partial charge in [-0.05, 0) is 29.8 Å². The van der Waals surface area contributed by atoms with E-state index < -0.39 is 11.2 Å². The first-order chi connectivity index (χ1) is 16.7. The zero-order chi connectivity index (χ0) is 25.1. The van der Waals surface area contributed by atoms with Crippen LogP contribution in [0.25, 0.3) is 11.2 Å². The van der Waals surface area contributed by atoms with E-state index in [1.54, 1.807) is 35.9 Å². The first-order valence-corrected chi connectivity index (χ1v) is 11.7. The first-order valence-electron chi connectivity index (χ1n) is 10.7. The molecule has 10 nitrogen and oxygen atoms in total. The highest BCUT2D eigenvalue weighted by molar-refractivity contribution is 7.99. The molecule has 2 aromatic heterocycles. The molecule has 0 aliphatic rings. The molecule has 0 fully saturated rings. The van der Waals surface area contributed by atoms with E-state index in [1.165, 1.54) is 30.3 Å². The van der Waals surface area contributed by atoms with Crippen molar-refractivity contribution in [2.45, 2.75) is 18.6 Å². The lowest BCUT2D eigenvalue weighted by molar-refractivity contribution is -0.114. The van der Waals surface area contributed by atoms with Crippen molar-refractivity contribution in [2.24, 2.45) is 14.1 Å². The predicted molar refractivity (Wildman–Crippen MR) is 136 cm³/mol. The monoisotopic (exact) mass is 492 g/mol. The Bertz CT molecular complexity index is 1520. The number of carbonyl (C=O) groups is 2. The Kier molecular flexibility index (Phi) is 6.87. The topological polar surface area (TPSA) is 120 Å². The normalized spacial score (nSPS) is 10.9. The molecule has 0 radical (unpaired) electrons. The maximum Gasteiger partial charge on any atom is 0.332 e. The Labute approximate surface area is 204 Å². The second-order valence-corrected chi connectivity index (χ2v) is 8.88. The number of fused-ring (bicyclic) bond motifs is 1. The van der Waals surface area contributed by atoms with Crippen molar-refractivity contribution in [2.75, 3.05) is 16.4 Å². The third-order valence-corrected chi connectivity index (χ3v) is 6.29. The molecular formula is C24H24N6O4S. The van der Waals surface area contributed by atoms with Gasteiger partial charge in [0.05, 0.1) is 12.3 Å². The fourth-order valence-corrected chi connectivity index (χ4v) is 4.41. The standard InChI is InChI=1S/C24H24N6O4S/c1-15(31)25-17-9-11-18(12-10-17)26-19(32)14-35-23-27-21-20(22(33)29(3)24(34)28(21)2)30(23)13-16-7-5-4-6-8-16/h4-12H,13-14H2,1-3H3,(H,25,31)(H,26,32). The van der Waals surface area contributed by atoms with Crippen LogP contribution in [-0.2, 0) is 30.2 Å². The van der Waals surface area contributed by atoms with E-state index in [2.05, 4.69) is 15.6 Å². The molecule has 4 rings (SSSR count). The zero-order valence-corrected chi connectivity index (χ0v) is 20.3. The van der Waals surface area contributed by atoms with Gasteiger partial charge in [0.1, 0.15) is 0 Å². The summed E-state index contributed by atoms with van der Waals surface area (Å²) in [5.41, 5.74) is 1.82. The smallest absolute Gasteiger partial charge is 0.326 e. The second-order valence-electron chi connectivity index (χ2n) is 7.94. The quantitative estimate of drug-likeness (QED) is 0.382.